The molecule has 2 aliphatic rings. The van der Waals surface area contributed by atoms with Crippen molar-refractivity contribution in [1.82, 2.24) is 0 Å². The van der Waals surface area contributed by atoms with Gasteiger partial charge in [-0.3, -0.25) is 0 Å². The molecule has 2 aliphatic carbocycles. The smallest absolute Gasteiger partial charge is 0.0400 e. The lowest BCUT2D eigenvalue weighted by Gasteiger charge is -2.49. The van der Waals surface area contributed by atoms with Crippen LogP contribution < -0.4 is 11.5 Å². The highest BCUT2D eigenvalue weighted by Gasteiger charge is 2.49. The molecule has 0 aromatic heterocycles. The van der Waals surface area contributed by atoms with Crippen LogP contribution in [-0.2, 0) is 0 Å². The quantitative estimate of drug-likeness (QED) is 0.704. The number of hydrogen-bond acceptors (Lipinski definition) is 2. The fourth-order valence-electron chi connectivity index (χ4n) is 3.38. The second kappa shape index (κ2) is 3.58. The highest BCUT2D eigenvalue weighted by molar-refractivity contribution is 5.29. The summed E-state index contributed by atoms with van der Waals surface area (Å²) in [6, 6.07) is 0.367. The first-order chi connectivity index (χ1) is 7.27. The molecule has 6 atom stereocenters. The molecular weight excluding hydrogens is 196 g/mol. The largest absolute Gasteiger partial charge is 0.327 e. The van der Waals surface area contributed by atoms with Crippen molar-refractivity contribution >= 4 is 0 Å². The van der Waals surface area contributed by atoms with Crippen molar-refractivity contribution in [2.75, 3.05) is 0 Å². The summed E-state index contributed by atoms with van der Waals surface area (Å²) in [6.07, 6.45) is 6.72. The average Bonchev–Trinajstić information content (AvgIpc) is 2.43. The van der Waals surface area contributed by atoms with E-state index in [1.807, 2.05) is 0 Å². The second-order valence-electron chi connectivity index (χ2n) is 6.64. The summed E-state index contributed by atoms with van der Waals surface area (Å²) >= 11 is 0. The Bertz CT molecular complexity index is 308. The van der Waals surface area contributed by atoms with Crippen molar-refractivity contribution in [1.29, 1.82) is 0 Å². The Labute approximate surface area is 99.5 Å². The Morgan fingerprint density at radius 1 is 1.25 bits per heavy atom. The highest BCUT2D eigenvalue weighted by Crippen LogP contribution is 2.50. The van der Waals surface area contributed by atoms with E-state index in [-0.39, 0.29) is 11.0 Å². The SMILES string of the molecule is CC1CC(N)C(CC2(C)C=CC2(C)N)C1C. The Kier molecular flexibility index (Phi) is 2.71. The van der Waals surface area contributed by atoms with Crippen molar-refractivity contribution < 1.29 is 0 Å². The third-order valence-corrected chi connectivity index (χ3v) is 5.45. The van der Waals surface area contributed by atoms with E-state index < -0.39 is 0 Å². The molecule has 92 valence electrons. The molecule has 0 saturated heterocycles. The van der Waals surface area contributed by atoms with Crippen molar-refractivity contribution in [3.05, 3.63) is 12.2 Å². The molecule has 2 heteroatoms. The van der Waals surface area contributed by atoms with Crippen LogP contribution in [-0.4, -0.2) is 11.6 Å². The van der Waals surface area contributed by atoms with Crippen LogP contribution in [0.25, 0.3) is 0 Å². The van der Waals surface area contributed by atoms with E-state index in [1.165, 1.54) is 6.42 Å². The molecule has 0 aliphatic heterocycles. The standard InChI is InChI=1S/C14H26N2/c1-9-7-12(15)11(10(9)2)8-13(3)5-6-14(13,4)16/h5-6,9-12H,7-8,15-16H2,1-4H3. The van der Waals surface area contributed by atoms with Gasteiger partial charge in [0.25, 0.3) is 0 Å². The Hall–Kier alpha value is -0.340. The lowest BCUT2D eigenvalue weighted by molar-refractivity contribution is 0.152. The molecular formula is C14H26N2. The van der Waals surface area contributed by atoms with Crippen molar-refractivity contribution in [3.8, 4) is 0 Å². The number of rotatable bonds is 2. The third kappa shape index (κ3) is 1.63. The average molecular weight is 222 g/mol. The fraction of sp³-hybridized carbons (Fsp3) is 0.857. The summed E-state index contributed by atoms with van der Waals surface area (Å²) in [6.45, 7) is 9.07. The van der Waals surface area contributed by atoms with E-state index in [1.54, 1.807) is 0 Å². The molecule has 2 rings (SSSR count). The summed E-state index contributed by atoms with van der Waals surface area (Å²) in [5.74, 6) is 2.13. The molecule has 0 aromatic carbocycles. The van der Waals surface area contributed by atoms with Crippen molar-refractivity contribution in [2.24, 2.45) is 34.6 Å². The van der Waals surface area contributed by atoms with E-state index in [9.17, 15) is 0 Å². The number of hydrogen-bond donors (Lipinski definition) is 2. The predicted octanol–water partition coefficient (Wildman–Crippen LogP) is 2.29. The monoisotopic (exact) mass is 222 g/mol. The van der Waals surface area contributed by atoms with Crippen LogP contribution >= 0.6 is 0 Å². The lowest BCUT2D eigenvalue weighted by atomic mass is 9.59. The molecule has 2 nitrogen and oxygen atoms in total. The normalized spacial score (nSPS) is 56.4. The van der Waals surface area contributed by atoms with Gasteiger partial charge in [-0.05, 0) is 37.5 Å². The summed E-state index contributed by atoms with van der Waals surface area (Å²) in [5.41, 5.74) is 12.6. The van der Waals surface area contributed by atoms with E-state index in [2.05, 4.69) is 39.8 Å². The van der Waals surface area contributed by atoms with Crippen LogP contribution in [0.15, 0.2) is 12.2 Å². The zero-order valence-electron chi connectivity index (χ0n) is 11.0. The molecule has 0 spiro atoms. The summed E-state index contributed by atoms with van der Waals surface area (Å²) in [7, 11) is 0. The Balaban J connectivity index is 2.09. The molecule has 16 heavy (non-hydrogen) atoms. The molecule has 1 saturated carbocycles. The zero-order chi connectivity index (χ0) is 12.1. The van der Waals surface area contributed by atoms with Crippen LogP contribution in [0.3, 0.4) is 0 Å². The molecule has 0 radical (unpaired) electrons. The van der Waals surface area contributed by atoms with Crippen LogP contribution in [0.2, 0.25) is 0 Å². The summed E-state index contributed by atoms with van der Waals surface area (Å²) in [4.78, 5) is 0. The molecule has 6 unspecified atom stereocenters. The predicted molar refractivity (Wildman–Crippen MR) is 68.9 cm³/mol. The van der Waals surface area contributed by atoms with E-state index in [0.717, 1.165) is 18.3 Å². The van der Waals surface area contributed by atoms with E-state index >= 15 is 0 Å². The first-order valence-electron chi connectivity index (χ1n) is 6.52. The maximum Gasteiger partial charge on any atom is 0.0400 e. The number of nitrogens with two attached hydrogens (primary N) is 2. The van der Waals surface area contributed by atoms with Gasteiger partial charge in [-0.1, -0.05) is 32.9 Å². The van der Waals surface area contributed by atoms with Gasteiger partial charge < -0.3 is 11.5 Å². The third-order valence-electron chi connectivity index (χ3n) is 5.45. The topological polar surface area (TPSA) is 52.0 Å². The molecule has 4 N–H and O–H groups in total. The van der Waals surface area contributed by atoms with Gasteiger partial charge in [0.1, 0.15) is 0 Å². The Morgan fingerprint density at radius 2 is 1.88 bits per heavy atom. The van der Waals surface area contributed by atoms with Gasteiger partial charge in [0.15, 0.2) is 0 Å². The van der Waals surface area contributed by atoms with Crippen LogP contribution in [0, 0.1) is 23.2 Å². The Morgan fingerprint density at radius 3 is 2.19 bits per heavy atom. The van der Waals surface area contributed by atoms with Gasteiger partial charge in [-0.15, -0.1) is 0 Å². The zero-order valence-corrected chi connectivity index (χ0v) is 11.0. The van der Waals surface area contributed by atoms with Gasteiger partial charge in [-0.25, -0.2) is 0 Å². The van der Waals surface area contributed by atoms with Gasteiger partial charge in [0, 0.05) is 17.0 Å². The van der Waals surface area contributed by atoms with Gasteiger partial charge in [-0.2, -0.15) is 0 Å². The summed E-state index contributed by atoms with van der Waals surface area (Å²) < 4.78 is 0. The van der Waals surface area contributed by atoms with Crippen molar-refractivity contribution in [2.45, 2.75) is 52.1 Å². The molecule has 0 aromatic rings. The van der Waals surface area contributed by atoms with E-state index in [0.29, 0.717) is 12.0 Å². The van der Waals surface area contributed by atoms with Gasteiger partial charge in [0.05, 0.1) is 0 Å². The first kappa shape index (κ1) is 12.1. The van der Waals surface area contributed by atoms with E-state index in [4.69, 9.17) is 11.5 Å². The second-order valence-corrected chi connectivity index (χ2v) is 6.64. The minimum absolute atomic E-state index is 0.141. The molecule has 0 amide bonds. The maximum absolute atomic E-state index is 6.28. The van der Waals surface area contributed by atoms with Gasteiger partial charge in [0.2, 0.25) is 0 Å². The fourth-order valence-corrected chi connectivity index (χ4v) is 3.38. The minimum atomic E-state index is -0.141. The van der Waals surface area contributed by atoms with Crippen LogP contribution in [0.5, 0.6) is 0 Å². The van der Waals surface area contributed by atoms with Crippen LogP contribution in [0.4, 0.5) is 0 Å². The molecule has 0 bridgehead atoms. The first-order valence-corrected chi connectivity index (χ1v) is 6.52. The van der Waals surface area contributed by atoms with Gasteiger partial charge >= 0.3 is 0 Å². The molecule has 0 heterocycles. The van der Waals surface area contributed by atoms with Crippen LogP contribution in [0.1, 0.15) is 40.5 Å². The minimum Gasteiger partial charge on any atom is -0.327 e. The highest BCUT2D eigenvalue weighted by atomic mass is 14.8. The molecule has 1 fully saturated rings. The summed E-state index contributed by atoms with van der Waals surface area (Å²) in [5, 5.41) is 0. The van der Waals surface area contributed by atoms with Crippen molar-refractivity contribution in [3.63, 3.8) is 0 Å². The lowest BCUT2D eigenvalue weighted by Crippen LogP contribution is -2.56. The maximum atomic E-state index is 6.28.